The number of carbonyl (C=O) groups excluding carboxylic acids is 2. The number of nitrogens with zero attached hydrogens (tertiary/aromatic N) is 2. The molecular formula is C18H16N2O7. The third kappa shape index (κ3) is 3.32. The van der Waals surface area contributed by atoms with Crippen molar-refractivity contribution >= 4 is 34.5 Å². The molecule has 1 aromatic heterocycles. The van der Waals surface area contributed by atoms with Crippen molar-refractivity contribution in [2.75, 3.05) is 32.5 Å². The summed E-state index contributed by atoms with van der Waals surface area (Å²) in [6.07, 6.45) is 1.25. The summed E-state index contributed by atoms with van der Waals surface area (Å²) in [5.74, 6) is -2.59. The molecule has 0 bridgehead atoms. The van der Waals surface area contributed by atoms with E-state index in [1.165, 1.54) is 31.4 Å². The fourth-order valence-electron chi connectivity index (χ4n) is 2.82. The van der Waals surface area contributed by atoms with Gasteiger partial charge in [-0.15, -0.1) is 0 Å². The lowest BCUT2D eigenvalue weighted by Crippen LogP contribution is -2.38. The Hall–Kier alpha value is -3.46. The second-order valence-corrected chi connectivity index (χ2v) is 5.59. The normalized spacial score (nSPS) is 14.2. The van der Waals surface area contributed by atoms with Crippen LogP contribution in [-0.4, -0.2) is 55.6 Å². The van der Waals surface area contributed by atoms with Gasteiger partial charge in [-0.1, -0.05) is 6.07 Å². The average molecular weight is 372 g/mol. The van der Waals surface area contributed by atoms with Crippen LogP contribution < -0.4 is 4.90 Å². The van der Waals surface area contributed by atoms with Crippen molar-refractivity contribution in [3.05, 3.63) is 47.3 Å². The van der Waals surface area contributed by atoms with Crippen molar-refractivity contribution < 1.29 is 33.7 Å². The summed E-state index contributed by atoms with van der Waals surface area (Å²) < 4.78 is 15.0. The van der Waals surface area contributed by atoms with Gasteiger partial charge in [0.05, 0.1) is 43.2 Å². The van der Waals surface area contributed by atoms with Gasteiger partial charge in [-0.05, 0) is 18.2 Å². The second kappa shape index (κ2) is 7.42. The number of aromatic nitrogens is 1. The fourth-order valence-corrected chi connectivity index (χ4v) is 2.82. The zero-order valence-corrected chi connectivity index (χ0v) is 14.6. The molecule has 27 heavy (non-hydrogen) atoms. The number of carbonyl (C=O) groups is 3. The van der Waals surface area contributed by atoms with Gasteiger partial charge < -0.3 is 24.2 Å². The highest BCUT2D eigenvalue weighted by Gasteiger charge is 2.33. The number of aromatic carboxylic acids is 1. The molecule has 1 aliphatic rings. The summed E-state index contributed by atoms with van der Waals surface area (Å²) in [5.41, 5.74) is 0.944. The van der Waals surface area contributed by atoms with Crippen LogP contribution in [0.15, 0.2) is 41.7 Å². The number of hydrogen-bond acceptors (Lipinski definition) is 8. The molecule has 0 aliphatic carbocycles. The van der Waals surface area contributed by atoms with Crippen LogP contribution in [0.25, 0.3) is 10.9 Å². The van der Waals surface area contributed by atoms with Crippen molar-refractivity contribution in [3.8, 4) is 0 Å². The molecule has 0 fully saturated rings. The molecule has 0 unspecified atom stereocenters. The molecule has 9 heteroatoms. The molecule has 0 saturated carbocycles. The number of ether oxygens (including phenoxy) is 3. The maximum absolute atomic E-state index is 12.4. The lowest BCUT2D eigenvalue weighted by molar-refractivity contribution is -0.140. The zero-order valence-electron chi connectivity index (χ0n) is 14.6. The number of fused-ring (bicyclic) bond motifs is 1. The summed E-state index contributed by atoms with van der Waals surface area (Å²) in [6.45, 7) is -0.154. The summed E-state index contributed by atoms with van der Waals surface area (Å²) in [4.78, 5) is 41.4. The van der Waals surface area contributed by atoms with Crippen LogP contribution in [0.4, 0.5) is 5.69 Å². The van der Waals surface area contributed by atoms with Crippen molar-refractivity contribution in [2.45, 2.75) is 0 Å². The highest BCUT2D eigenvalue weighted by molar-refractivity contribution is 6.06. The van der Waals surface area contributed by atoms with Crippen LogP contribution in [0.5, 0.6) is 0 Å². The average Bonchev–Trinajstić information content (AvgIpc) is 2.71. The van der Waals surface area contributed by atoms with Crippen molar-refractivity contribution in [3.63, 3.8) is 0 Å². The Kier molecular flexibility index (Phi) is 5.04. The van der Waals surface area contributed by atoms with Crippen molar-refractivity contribution in [1.82, 2.24) is 4.98 Å². The first kappa shape index (κ1) is 18.3. The summed E-state index contributed by atoms with van der Waals surface area (Å²) in [7, 11) is 2.40. The van der Waals surface area contributed by atoms with Gasteiger partial charge >= 0.3 is 17.9 Å². The molecule has 9 nitrogen and oxygen atoms in total. The van der Waals surface area contributed by atoms with Crippen molar-refractivity contribution in [2.24, 2.45) is 0 Å². The van der Waals surface area contributed by atoms with Crippen LogP contribution >= 0.6 is 0 Å². The van der Waals surface area contributed by atoms with Crippen molar-refractivity contribution in [1.29, 1.82) is 0 Å². The Labute approximate surface area is 153 Å². The fraction of sp³-hybridized carbons (Fsp3) is 0.222. The molecule has 1 aliphatic heterocycles. The quantitative estimate of drug-likeness (QED) is 0.793. The minimum absolute atomic E-state index is 0.00921. The molecule has 1 aromatic carbocycles. The largest absolute Gasteiger partial charge is 0.478 e. The number of benzene rings is 1. The number of esters is 2. The van der Waals surface area contributed by atoms with E-state index in [0.717, 1.165) is 0 Å². The second-order valence-electron chi connectivity index (χ2n) is 5.59. The molecular weight excluding hydrogens is 356 g/mol. The Bertz CT molecular complexity index is 967. The predicted molar refractivity (Wildman–Crippen MR) is 93.1 cm³/mol. The monoisotopic (exact) mass is 372 g/mol. The standard InChI is InChI=1S/C18H16N2O7/c1-25-17(23)12-8-27-9-20(15(12)18(24)26-2)14-5-3-4-13-11(14)6-10(7-19-13)16(21)22/h3-7H,8-9H2,1-2H3,(H,21,22). The van der Waals surface area contributed by atoms with Gasteiger partial charge in [0.2, 0.25) is 0 Å². The van der Waals surface area contributed by atoms with Crippen LogP contribution in [0.3, 0.4) is 0 Å². The van der Waals surface area contributed by atoms with Gasteiger partial charge in [-0.2, -0.15) is 0 Å². The van der Waals surface area contributed by atoms with E-state index in [1.54, 1.807) is 18.2 Å². The Morgan fingerprint density at radius 1 is 1.19 bits per heavy atom. The summed E-state index contributed by atoms with van der Waals surface area (Å²) in [5, 5.41) is 9.73. The molecule has 0 amide bonds. The smallest absolute Gasteiger partial charge is 0.355 e. The number of anilines is 1. The molecule has 2 heterocycles. The van der Waals surface area contributed by atoms with E-state index in [0.29, 0.717) is 16.6 Å². The molecule has 0 saturated heterocycles. The number of carboxylic acid groups (broad SMARTS) is 1. The van der Waals surface area contributed by atoms with E-state index < -0.39 is 17.9 Å². The van der Waals surface area contributed by atoms with Gasteiger partial charge in [0.25, 0.3) is 0 Å². The SMILES string of the molecule is COC(=O)C1=C(C(=O)OC)N(c2cccc3ncc(C(=O)O)cc23)COC1. The molecule has 0 spiro atoms. The van der Waals surface area contributed by atoms with Gasteiger partial charge in [0, 0.05) is 11.6 Å². The molecule has 2 aromatic rings. The lowest BCUT2D eigenvalue weighted by Gasteiger charge is -2.32. The maximum atomic E-state index is 12.4. The minimum Gasteiger partial charge on any atom is -0.478 e. The highest BCUT2D eigenvalue weighted by Crippen LogP contribution is 2.32. The lowest BCUT2D eigenvalue weighted by atomic mass is 10.1. The Balaban J connectivity index is 2.24. The molecule has 0 atom stereocenters. The van der Waals surface area contributed by atoms with E-state index >= 15 is 0 Å². The minimum atomic E-state index is -1.13. The first-order valence-corrected chi connectivity index (χ1v) is 7.85. The first-order chi connectivity index (χ1) is 13.0. The third-order valence-corrected chi connectivity index (χ3v) is 4.07. The molecule has 3 rings (SSSR count). The van der Waals surface area contributed by atoms with E-state index in [2.05, 4.69) is 4.98 Å². The third-order valence-electron chi connectivity index (χ3n) is 4.07. The van der Waals surface area contributed by atoms with Crippen LogP contribution in [0.1, 0.15) is 10.4 Å². The zero-order chi connectivity index (χ0) is 19.6. The predicted octanol–water partition coefficient (Wildman–Crippen LogP) is 1.33. The Morgan fingerprint density at radius 3 is 2.59 bits per heavy atom. The van der Waals surface area contributed by atoms with Gasteiger partial charge in [-0.3, -0.25) is 4.98 Å². The number of carboxylic acids is 1. The first-order valence-electron chi connectivity index (χ1n) is 7.85. The van der Waals surface area contributed by atoms with E-state index in [9.17, 15) is 19.5 Å². The summed E-state index contributed by atoms with van der Waals surface area (Å²) >= 11 is 0. The highest BCUT2D eigenvalue weighted by atomic mass is 16.5. The maximum Gasteiger partial charge on any atom is 0.355 e. The number of pyridine rings is 1. The van der Waals surface area contributed by atoms with Gasteiger partial charge in [0.15, 0.2) is 0 Å². The van der Waals surface area contributed by atoms with E-state index in [4.69, 9.17) is 14.2 Å². The molecule has 1 N–H and O–H groups in total. The van der Waals surface area contributed by atoms with E-state index in [-0.39, 0.29) is 30.2 Å². The van der Waals surface area contributed by atoms with Crippen LogP contribution in [-0.2, 0) is 23.8 Å². The number of hydrogen-bond donors (Lipinski definition) is 1. The topological polar surface area (TPSA) is 115 Å². The molecule has 140 valence electrons. The number of methoxy groups -OCH3 is 2. The van der Waals surface area contributed by atoms with E-state index in [1.807, 2.05) is 0 Å². The molecule has 0 radical (unpaired) electrons. The van der Waals surface area contributed by atoms with Gasteiger partial charge in [0.1, 0.15) is 12.4 Å². The van der Waals surface area contributed by atoms with Crippen LogP contribution in [0, 0.1) is 0 Å². The number of rotatable bonds is 4. The van der Waals surface area contributed by atoms with Gasteiger partial charge in [-0.25, -0.2) is 14.4 Å². The van der Waals surface area contributed by atoms with Crippen LogP contribution in [0.2, 0.25) is 0 Å². The summed E-state index contributed by atoms with van der Waals surface area (Å²) in [6, 6.07) is 6.52. The Morgan fingerprint density at radius 2 is 1.93 bits per heavy atom.